The van der Waals surface area contributed by atoms with Gasteiger partial charge in [-0.3, -0.25) is 19.9 Å². The molecule has 2 N–H and O–H groups in total. The van der Waals surface area contributed by atoms with Crippen LogP contribution in [0.2, 0.25) is 0 Å². The molecule has 1 aliphatic rings. The predicted molar refractivity (Wildman–Crippen MR) is 103 cm³/mol. The highest BCUT2D eigenvalue weighted by Crippen LogP contribution is 2.31. The summed E-state index contributed by atoms with van der Waals surface area (Å²) < 4.78 is 0. The number of nitrogens with zero attached hydrogens (tertiary/aromatic N) is 2. The third-order valence-electron chi connectivity index (χ3n) is 4.54. The van der Waals surface area contributed by atoms with Gasteiger partial charge in [-0.05, 0) is 30.5 Å². The number of hydrogen-bond donors (Lipinski definition) is 2. The van der Waals surface area contributed by atoms with Gasteiger partial charge in [0.05, 0.1) is 6.54 Å². The smallest absolute Gasteiger partial charge is 0.318 e. The summed E-state index contributed by atoms with van der Waals surface area (Å²) in [6, 6.07) is 12.4. The van der Waals surface area contributed by atoms with Crippen molar-refractivity contribution in [1.82, 2.24) is 20.7 Å². The van der Waals surface area contributed by atoms with E-state index in [1.807, 2.05) is 54.6 Å². The van der Waals surface area contributed by atoms with Crippen molar-refractivity contribution in [1.29, 1.82) is 0 Å². The van der Waals surface area contributed by atoms with Gasteiger partial charge in [0.15, 0.2) is 0 Å². The van der Waals surface area contributed by atoms with Crippen LogP contribution >= 0.6 is 11.3 Å². The number of hydrazine groups is 1. The molecule has 2 heterocycles. The van der Waals surface area contributed by atoms with Crippen LogP contribution in [0.1, 0.15) is 23.8 Å². The monoisotopic (exact) mass is 386 g/mol. The number of hydrogen-bond acceptors (Lipinski definition) is 5. The summed E-state index contributed by atoms with van der Waals surface area (Å²) in [5.74, 6) is -0.895. The Balaban J connectivity index is 1.67. The van der Waals surface area contributed by atoms with Gasteiger partial charge in [0.2, 0.25) is 0 Å². The maximum absolute atomic E-state index is 13.0. The maximum atomic E-state index is 13.0. The summed E-state index contributed by atoms with van der Waals surface area (Å²) in [5.41, 5.74) is 1.98. The lowest BCUT2D eigenvalue weighted by molar-refractivity contribution is -0.139. The van der Waals surface area contributed by atoms with Gasteiger partial charge in [0, 0.05) is 11.4 Å². The molecule has 1 aliphatic heterocycles. The van der Waals surface area contributed by atoms with E-state index in [0.29, 0.717) is 18.5 Å². The number of likely N-dealkylation sites (N-methyl/N-ethyl adjacent to an activating group) is 1. The summed E-state index contributed by atoms with van der Waals surface area (Å²) in [7, 11) is 1.81. The number of rotatable bonds is 7. The Morgan fingerprint density at radius 2 is 1.96 bits per heavy atom. The Bertz CT molecular complexity index is 825. The van der Waals surface area contributed by atoms with Gasteiger partial charge >= 0.3 is 6.03 Å². The van der Waals surface area contributed by atoms with E-state index in [-0.39, 0.29) is 6.54 Å². The van der Waals surface area contributed by atoms with E-state index in [1.165, 1.54) is 0 Å². The Labute approximate surface area is 161 Å². The number of carbonyl (C=O) groups is 3. The second kappa shape index (κ2) is 7.89. The number of nitrogens with one attached hydrogen (secondary N) is 2. The molecule has 27 heavy (non-hydrogen) atoms. The van der Waals surface area contributed by atoms with E-state index < -0.39 is 23.4 Å². The molecule has 0 aliphatic carbocycles. The van der Waals surface area contributed by atoms with Crippen molar-refractivity contribution < 1.29 is 14.4 Å². The molecule has 2 aromatic rings. The van der Waals surface area contributed by atoms with Crippen molar-refractivity contribution in [2.24, 2.45) is 0 Å². The first-order valence-corrected chi connectivity index (χ1v) is 9.57. The zero-order chi connectivity index (χ0) is 19.4. The first-order chi connectivity index (χ1) is 13.0. The molecule has 1 atom stereocenters. The minimum absolute atomic E-state index is 0.0689. The summed E-state index contributed by atoms with van der Waals surface area (Å²) >= 11 is 1.61. The zero-order valence-electron chi connectivity index (χ0n) is 15.3. The third-order valence-corrected chi connectivity index (χ3v) is 5.41. The minimum atomic E-state index is -1.16. The molecule has 1 aromatic heterocycles. The van der Waals surface area contributed by atoms with Gasteiger partial charge in [-0.2, -0.15) is 5.01 Å². The highest BCUT2D eigenvalue weighted by Gasteiger charge is 2.52. The maximum Gasteiger partial charge on any atom is 0.344 e. The largest absolute Gasteiger partial charge is 0.344 e. The molecular weight excluding hydrogens is 364 g/mol. The Morgan fingerprint density at radius 1 is 1.22 bits per heavy atom. The first-order valence-electron chi connectivity index (χ1n) is 8.69. The summed E-state index contributed by atoms with van der Waals surface area (Å²) in [6.07, 6.45) is 0.381. The van der Waals surface area contributed by atoms with E-state index in [0.717, 1.165) is 9.89 Å². The van der Waals surface area contributed by atoms with Gasteiger partial charge in [0.1, 0.15) is 5.54 Å². The molecule has 0 unspecified atom stereocenters. The summed E-state index contributed by atoms with van der Waals surface area (Å²) in [6.45, 7) is 2.51. The number of amides is 4. The molecule has 4 amide bonds. The van der Waals surface area contributed by atoms with Crippen LogP contribution in [0.25, 0.3) is 0 Å². The van der Waals surface area contributed by atoms with Crippen molar-refractivity contribution in [3.05, 3.63) is 58.3 Å². The Hall–Kier alpha value is -2.71. The molecule has 0 saturated carbocycles. The lowest BCUT2D eigenvalue weighted by Gasteiger charge is -2.25. The lowest BCUT2D eigenvalue weighted by Crippen LogP contribution is -2.50. The first kappa shape index (κ1) is 19.1. The van der Waals surface area contributed by atoms with Gasteiger partial charge < -0.3 is 5.32 Å². The fraction of sp³-hybridized carbons (Fsp3) is 0.316. The Morgan fingerprint density at radius 3 is 2.59 bits per heavy atom. The molecule has 1 fully saturated rings. The average molecular weight is 386 g/mol. The van der Waals surface area contributed by atoms with Crippen molar-refractivity contribution >= 4 is 29.2 Å². The van der Waals surface area contributed by atoms with Gasteiger partial charge in [-0.15, -0.1) is 11.3 Å². The lowest BCUT2D eigenvalue weighted by atomic mass is 9.87. The van der Waals surface area contributed by atoms with Crippen LogP contribution in [0, 0.1) is 0 Å². The third kappa shape index (κ3) is 3.86. The highest BCUT2D eigenvalue weighted by molar-refractivity contribution is 7.09. The zero-order valence-corrected chi connectivity index (χ0v) is 16.1. The van der Waals surface area contributed by atoms with Crippen LogP contribution < -0.4 is 10.7 Å². The average Bonchev–Trinajstić information content (AvgIpc) is 3.24. The number of benzene rings is 1. The number of carbonyl (C=O) groups excluding carboxylic acids is 3. The standard InChI is InChI=1S/C19H22N4O3S/c1-3-19(14-8-5-4-6-9-14)17(25)23(18(26)20-19)21-16(24)13-22(2)12-15-10-7-11-27-15/h4-11H,3,12-13H2,1-2H3,(H,20,26)(H,21,24)/t19-/m1/s1. The van der Waals surface area contributed by atoms with Gasteiger partial charge in [-0.1, -0.05) is 43.3 Å². The normalized spacial score (nSPS) is 19.4. The molecule has 0 spiro atoms. The van der Waals surface area contributed by atoms with E-state index in [1.54, 1.807) is 23.5 Å². The molecule has 0 radical (unpaired) electrons. The van der Waals surface area contributed by atoms with Crippen LogP contribution in [0.15, 0.2) is 47.8 Å². The van der Waals surface area contributed by atoms with Crippen LogP contribution in [-0.2, 0) is 21.7 Å². The van der Waals surface area contributed by atoms with Crippen molar-refractivity contribution in [3.63, 3.8) is 0 Å². The van der Waals surface area contributed by atoms with Crippen LogP contribution in [0.4, 0.5) is 4.79 Å². The van der Waals surface area contributed by atoms with Crippen LogP contribution in [0.5, 0.6) is 0 Å². The molecule has 1 saturated heterocycles. The minimum Gasteiger partial charge on any atom is -0.318 e. The van der Waals surface area contributed by atoms with Crippen LogP contribution in [-0.4, -0.2) is 41.3 Å². The highest BCUT2D eigenvalue weighted by atomic mass is 32.1. The molecule has 0 bridgehead atoms. The molecule has 3 rings (SSSR count). The molecule has 1 aromatic carbocycles. The molecule has 8 heteroatoms. The van der Waals surface area contributed by atoms with Crippen molar-refractivity contribution in [2.45, 2.75) is 25.4 Å². The Kier molecular flexibility index (Phi) is 5.57. The second-order valence-electron chi connectivity index (χ2n) is 6.48. The second-order valence-corrected chi connectivity index (χ2v) is 7.51. The molecule has 142 valence electrons. The van der Waals surface area contributed by atoms with Crippen molar-refractivity contribution in [3.8, 4) is 0 Å². The van der Waals surface area contributed by atoms with Gasteiger partial charge in [0.25, 0.3) is 11.8 Å². The number of imide groups is 1. The summed E-state index contributed by atoms with van der Waals surface area (Å²) in [4.78, 5) is 40.6. The van der Waals surface area contributed by atoms with Gasteiger partial charge in [-0.25, -0.2) is 4.79 Å². The van der Waals surface area contributed by atoms with Crippen molar-refractivity contribution in [2.75, 3.05) is 13.6 Å². The number of urea groups is 1. The molecule has 7 nitrogen and oxygen atoms in total. The number of thiophene rings is 1. The predicted octanol–water partition coefficient (Wildman–Crippen LogP) is 2.07. The topological polar surface area (TPSA) is 81.8 Å². The van der Waals surface area contributed by atoms with E-state index in [2.05, 4.69) is 10.7 Å². The summed E-state index contributed by atoms with van der Waals surface area (Å²) in [5, 5.41) is 5.51. The fourth-order valence-corrected chi connectivity index (χ4v) is 3.95. The molecular formula is C19H22N4O3S. The van der Waals surface area contributed by atoms with E-state index in [9.17, 15) is 14.4 Å². The van der Waals surface area contributed by atoms with E-state index >= 15 is 0 Å². The fourth-order valence-electron chi connectivity index (χ4n) is 3.17. The van der Waals surface area contributed by atoms with E-state index in [4.69, 9.17) is 0 Å². The SMILES string of the molecule is CC[C@]1(c2ccccc2)NC(=O)N(NC(=O)CN(C)Cc2cccs2)C1=O. The van der Waals surface area contributed by atoms with Crippen LogP contribution in [0.3, 0.4) is 0 Å². The quantitative estimate of drug-likeness (QED) is 0.714.